The Morgan fingerprint density at radius 1 is 1.10 bits per heavy atom. The van der Waals surface area contributed by atoms with Gasteiger partial charge in [-0.3, -0.25) is 4.79 Å². The van der Waals surface area contributed by atoms with E-state index in [1.807, 2.05) is 6.07 Å². The van der Waals surface area contributed by atoms with Crippen molar-refractivity contribution in [1.82, 2.24) is 9.62 Å². The maximum atomic E-state index is 12.8. The molecule has 2 N–H and O–H groups in total. The molecule has 2 aliphatic rings. The van der Waals surface area contributed by atoms with E-state index in [4.69, 9.17) is 4.74 Å². The highest BCUT2D eigenvalue weighted by molar-refractivity contribution is 7.89. The number of hydrogen-bond acceptors (Lipinski definition) is 5. The van der Waals surface area contributed by atoms with Gasteiger partial charge in [-0.05, 0) is 48.6 Å². The van der Waals surface area contributed by atoms with E-state index in [0.717, 1.165) is 45.6 Å². The summed E-state index contributed by atoms with van der Waals surface area (Å²) in [4.78, 5) is 15.7. The van der Waals surface area contributed by atoms with E-state index in [-0.39, 0.29) is 16.8 Å². The number of hydrogen-bond donors (Lipinski definition) is 2. The number of carbonyl (C=O) groups is 1. The lowest BCUT2D eigenvalue weighted by atomic mass is 10.1. The van der Waals surface area contributed by atoms with Gasteiger partial charge in [0, 0.05) is 18.7 Å². The van der Waals surface area contributed by atoms with Gasteiger partial charge in [0.05, 0.1) is 29.5 Å². The average Bonchev–Trinajstić information content (AvgIpc) is 3.35. The van der Waals surface area contributed by atoms with Crippen LogP contribution in [-0.2, 0) is 14.8 Å². The van der Waals surface area contributed by atoms with Gasteiger partial charge in [-0.25, -0.2) is 8.42 Å². The van der Waals surface area contributed by atoms with E-state index in [0.29, 0.717) is 25.2 Å². The van der Waals surface area contributed by atoms with Gasteiger partial charge < -0.3 is 15.0 Å². The predicted octanol–water partition coefficient (Wildman–Crippen LogP) is 1.31. The summed E-state index contributed by atoms with van der Waals surface area (Å²) in [5.74, 6) is -0.184. The molecule has 0 bridgehead atoms. The van der Waals surface area contributed by atoms with Crippen molar-refractivity contribution in [3.8, 4) is 0 Å². The average molecular weight is 465 g/mol. The van der Waals surface area contributed by atoms with Gasteiger partial charge in [0.2, 0.25) is 10.0 Å². The van der Waals surface area contributed by atoms with Crippen LogP contribution in [0.4, 0.5) is 0 Å². The Bertz CT molecular complexity index is 949. The summed E-state index contributed by atoms with van der Waals surface area (Å²) in [6.45, 7) is 4.97. The van der Waals surface area contributed by atoms with E-state index in [1.54, 1.807) is 39.9 Å². The summed E-state index contributed by atoms with van der Waals surface area (Å²) in [6.07, 6.45) is 2.87. The van der Waals surface area contributed by atoms with Crippen LogP contribution < -0.4 is 10.2 Å². The van der Waals surface area contributed by atoms with Crippen molar-refractivity contribution in [3.05, 3.63) is 52.2 Å². The zero-order chi connectivity index (χ0) is 21.7. The molecule has 2 aromatic rings. The molecule has 1 atom stereocenters. The van der Waals surface area contributed by atoms with Crippen LogP contribution in [0.3, 0.4) is 0 Å². The molecule has 0 spiro atoms. The van der Waals surface area contributed by atoms with Crippen molar-refractivity contribution in [2.75, 3.05) is 45.9 Å². The molecular weight excluding hydrogens is 434 g/mol. The summed E-state index contributed by atoms with van der Waals surface area (Å²) in [6, 6.07) is 10.6. The lowest BCUT2D eigenvalue weighted by molar-refractivity contribution is -0.937. The fourth-order valence-corrected chi connectivity index (χ4v) is 6.65. The highest BCUT2D eigenvalue weighted by atomic mass is 32.2. The fraction of sp³-hybridized carbons (Fsp3) is 0.500. The molecule has 9 heteroatoms. The molecule has 2 aliphatic heterocycles. The molecule has 0 aliphatic carbocycles. The van der Waals surface area contributed by atoms with Gasteiger partial charge in [-0.15, -0.1) is 11.3 Å². The molecule has 0 radical (unpaired) electrons. The standard InChI is InChI=1S/C22H29N3O4S2/c26-22(23-17-20(21-5-4-16-30-21)24-12-14-29-15-13-24)18-6-8-19(9-7-18)31(27,28)25-10-2-1-3-11-25/h4-9,16,20H,1-3,10-15,17H2,(H,23,26)/p+1/t20-/m1/s1. The molecule has 1 amide bonds. The van der Waals surface area contributed by atoms with Gasteiger partial charge in [-0.1, -0.05) is 12.5 Å². The van der Waals surface area contributed by atoms with Crippen molar-refractivity contribution in [1.29, 1.82) is 0 Å². The second-order valence-electron chi connectivity index (χ2n) is 8.04. The van der Waals surface area contributed by atoms with Gasteiger partial charge >= 0.3 is 0 Å². The second kappa shape index (κ2) is 10.2. The highest BCUT2D eigenvalue weighted by Crippen LogP contribution is 2.21. The third-order valence-electron chi connectivity index (χ3n) is 6.05. The van der Waals surface area contributed by atoms with Crippen LogP contribution in [0.2, 0.25) is 0 Å². The van der Waals surface area contributed by atoms with Crippen molar-refractivity contribution < 1.29 is 22.8 Å². The molecule has 2 fully saturated rings. The number of ether oxygens (including phenoxy) is 1. The Balaban J connectivity index is 1.41. The number of morpholine rings is 1. The van der Waals surface area contributed by atoms with Crippen LogP contribution in [0, 0.1) is 0 Å². The zero-order valence-electron chi connectivity index (χ0n) is 17.6. The van der Waals surface area contributed by atoms with Gasteiger partial charge in [0.25, 0.3) is 5.91 Å². The van der Waals surface area contributed by atoms with Crippen LogP contribution in [-0.4, -0.2) is 64.6 Å². The second-order valence-corrected chi connectivity index (χ2v) is 11.0. The number of nitrogens with zero attached hydrogens (tertiary/aromatic N) is 1. The molecule has 0 saturated carbocycles. The van der Waals surface area contributed by atoms with Crippen LogP contribution >= 0.6 is 11.3 Å². The Labute approximate surface area is 188 Å². The summed E-state index contributed by atoms with van der Waals surface area (Å²) in [5, 5.41) is 5.11. The molecular formula is C22H30N3O4S2+. The van der Waals surface area contributed by atoms with E-state index < -0.39 is 10.0 Å². The maximum Gasteiger partial charge on any atom is 0.251 e. The molecule has 1 aromatic heterocycles. The van der Waals surface area contributed by atoms with Crippen LogP contribution in [0.5, 0.6) is 0 Å². The lowest BCUT2D eigenvalue weighted by Gasteiger charge is -2.31. The summed E-state index contributed by atoms with van der Waals surface area (Å²) in [7, 11) is -3.49. The topological polar surface area (TPSA) is 80.1 Å². The largest absolute Gasteiger partial charge is 0.370 e. The first kappa shape index (κ1) is 22.4. The summed E-state index contributed by atoms with van der Waals surface area (Å²) >= 11 is 1.71. The fourth-order valence-electron chi connectivity index (χ4n) is 4.25. The van der Waals surface area contributed by atoms with Crippen molar-refractivity contribution in [3.63, 3.8) is 0 Å². The van der Waals surface area contributed by atoms with Crippen molar-refractivity contribution in [2.45, 2.75) is 30.2 Å². The summed E-state index contributed by atoms with van der Waals surface area (Å²) in [5.41, 5.74) is 0.472. The summed E-state index contributed by atoms with van der Waals surface area (Å²) < 4.78 is 32.6. The number of quaternary nitrogens is 1. The van der Waals surface area contributed by atoms with Crippen LogP contribution in [0.25, 0.3) is 0 Å². The molecule has 31 heavy (non-hydrogen) atoms. The molecule has 0 unspecified atom stereocenters. The Morgan fingerprint density at radius 3 is 2.45 bits per heavy atom. The zero-order valence-corrected chi connectivity index (χ0v) is 19.2. The van der Waals surface area contributed by atoms with E-state index in [1.165, 1.54) is 9.78 Å². The Hall–Kier alpha value is -1.78. The monoisotopic (exact) mass is 464 g/mol. The number of nitrogens with one attached hydrogen (secondary N) is 2. The van der Waals surface area contributed by atoms with E-state index in [2.05, 4.69) is 16.8 Å². The van der Waals surface area contributed by atoms with Gasteiger partial charge in [0.1, 0.15) is 19.1 Å². The SMILES string of the molecule is O=C(NC[C@H](c1cccs1)[NH+]1CCOCC1)c1ccc(S(=O)(=O)N2CCCCC2)cc1. The minimum Gasteiger partial charge on any atom is -0.370 e. The third kappa shape index (κ3) is 5.35. The van der Waals surface area contributed by atoms with Crippen LogP contribution in [0.15, 0.2) is 46.7 Å². The lowest BCUT2D eigenvalue weighted by Crippen LogP contribution is -3.15. The number of piperidine rings is 1. The third-order valence-corrected chi connectivity index (χ3v) is 8.95. The van der Waals surface area contributed by atoms with Crippen LogP contribution in [0.1, 0.15) is 40.5 Å². The number of rotatable bonds is 7. The molecule has 4 rings (SSSR count). The highest BCUT2D eigenvalue weighted by Gasteiger charge is 2.28. The van der Waals surface area contributed by atoms with Gasteiger partial charge in [-0.2, -0.15) is 4.31 Å². The molecule has 1 aromatic carbocycles. The van der Waals surface area contributed by atoms with E-state index >= 15 is 0 Å². The number of thiophene rings is 1. The normalized spacial score (nSPS) is 19.7. The molecule has 168 valence electrons. The number of amides is 1. The Morgan fingerprint density at radius 2 is 1.81 bits per heavy atom. The molecule has 2 saturated heterocycles. The van der Waals surface area contributed by atoms with Crippen molar-refractivity contribution in [2.24, 2.45) is 0 Å². The van der Waals surface area contributed by atoms with E-state index in [9.17, 15) is 13.2 Å². The van der Waals surface area contributed by atoms with Crippen molar-refractivity contribution >= 4 is 27.3 Å². The quantitative estimate of drug-likeness (QED) is 0.648. The Kier molecular flexibility index (Phi) is 7.39. The first-order valence-electron chi connectivity index (χ1n) is 10.9. The first-order valence-corrected chi connectivity index (χ1v) is 13.2. The molecule has 3 heterocycles. The number of carbonyl (C=O) groups excluding carboxylic acids is 1. The number of benzene rings is 1. The smallest absolute Gasteiger partial charge is 0.251 e. The predicted molar refractivity (Wildman–Crippen MR) is 120 cm³/mol. The first-order chi connectivity index (χ1) is 15.1. The maximum absolute atomic E-state index is 12.8. The van der Waals surface area contributed by atoms with Gasteiger partial charge in [0.15, 0.2) is 0 Å². The molecule has 7 nitrogen and oxygen atoms in total. The minimum atomic E-state index is -3.49. The minimum absolute atomic E-state index is 0.184. The number of sulfonamides is 1.